The highest BCUT2D eigenvalue weighted by molar-refractivity contribution is 5.36. The Bertz CT molecular complexity index is 1960. The van der Waals surface area contributed by atoms with Gasteiger partial charge in [-0.1, -0.05) is 0 Å². The molecule has 0 aromatic heterocycles. The molecular weight excluding hydrogens is 1050 g/mol. The third-order valence-electron chi connectivity index (χ3n) is 13.7. The molecule has 436 valence electrons. The van der Waals surface area contributed by atoms with Crippen LogP contribution in [-0.2, 0) is 52.1 Å². The van der Waals surface area contributed by atoms with Gasteiger partial charge in [0, 0.05) is 12.1 Å². The summed E-state index contributed by atoms with van der Waals surface area (Å²) < 4.78 is 67.0. The number of aliphatic hydroxyl groups excluding tert-OH is 19. The zero-order valence-electron chi connectivity index (χ0n) is 39.5. The van der Waals surface area contributed by atoms with Crippen molar-refractivity contribution in [3.63, 3.8) is 0 Å². The Kier molecular flexibility index (Phi) is 21.0. The summed E-state index contributed by atoms with van der Waals surface area (Å²) in [5.41, 5.74) is -0.279. The molecule has 6 fully saturated rings. The van der Waals surface area contributed by atoms with Crippen LogP contribution in [0, 0.1) is 10.1 Å². The molecule has 12 unspecified atom stereocenters. The van der Waals surface area contributed by atoms with E-state index < -0.39 is 229 Å². The lowest BCUT2D eigenvalue weighted by atomic mass is 9.95. The van der Waals surface area contributed by atoms with Crippen LogP contribution in [0.4, 0.5) is 5.69 Å². The summed E-state index contributed by atoms with van der Waals surface area (Å²) in [6.45, 7) is -5.80. The van der Waals surface area contributed by atoms with E-state index in [1.165, 1.54) is 12.1 Å². The van der Waals surface area contributed by atoms with E-state index in [0.717, 1.165) is 12.1 Å². The van der Waals surface area contributed by atoms with Gasteiger partial charge >= 0.3 is 0 Å². The molecule has 19 N–H and O–H groups in total. The number of nitrogens with zero attached hydrogens (tertiary/aromatic N) is 1. The number of nitro groups is 1. The second kappa shape index (κ2) is 26.2. The molecule has 6 heterocycles. The van der Waals surface area contributed by atoms with Crippen LogP contribution < -0.4 is 4.74 Å². The minimum Gasteiger partial charge on any atom is -0.462 e. The van der Waals surface area contributed by atoms with Crippen molar-refractivity contribution in [2.45, 2.75) is 184 Å². The van der Waals surface area contributed by atoms with Crippen LogP contribution in [0.5, 0.6) is 5.75 Å². The molecule has 0 amide bonds. The number of rotatable bonds is 19. The summed E-state index contributed by atoms with van der Waals surface area (Å²) in [6.07, 6.45) is -57.0. The topological polar surface area (TPSA) is 538 Å². The molecule has 76 heavy (non-hydrogen) atoms. The zero-order valence-corrected chi connectivity index (χ0v) is 39.5. The van der Waals surface area contributed by atoms with Gasteiger partial charge in [-0.3, -0.25) is 10.1 Å². The first-order valence-corrected chi connectivity index (χ1v) is 23.7. The molecular formula is C42H65NO33. The Morgan fingerprint density at radius 2 is 0.579 bits per heavy atom. The first-order valence-electron chi connectivity index (χ1n) is 23.7. The van der Waals surface area contributed by atoms with Crippen LogP contribution in [0.1, 0.15) is 0 Å². The predicted molar refractivity (Wildman–Crippen MR) is 231 cm³/mol. The fourth-order valence-electron chi connectivity index (χ4n) is 9.39. The maximum Gasteiger partial charge on any atom is 0.269 e. The lowest BCUT2D eigenvalue weighted by Gasteiger charge is -2.49. The molecule has 6 saturated heterocycles. The van der Waals surface area contributed by atoms with Crippen LogP contribution in [0.25, 0.3) is 0 Å². The van der Waals surface area contributed by atoms with Crippen molar-refractivity contribution in [1.29, 1.82) is 0 Å². The highest BCUT2D eigenvalue weighted by Gasteiger charge is 2.57. The molecule has 0 aliphatic carbocycles. The van der Waals surface area contributed by atoms with Gasteiger partial charge in [0.2, 0.25) is 6.29 Å². The maximum atomic E-state index is 11.3. The summed E-state index contributed by atoms with van der Waals surface area (Å²) in [5.74, 6) is -0.0341. The van der Waals surface area contributed by atoms with E-state index in [2.05, 4.69) is 0 Å². The third-order valence-corrected chi connectivity index (χ3v) is 13.7. The van der Waals surface area contributed by atoms with Crippen LogP contribution in [-0.4, -0.2) is 326 Å². The number of hydrogen-bond acceptors (Lipinski definition) is 33. The van der Waals surface area contributed by atoms with Gasteiger partial charge in [-0.05, 0) is 12.1 Å². The minimum absolute atomic E-state index is 0.0341. The van der Waals surface area contributed by atoms with E-state index in [9.17, 15) is 107 Å². The van der Waals surface area contributed by atoms with Gasteiger partial charge < -0.3 is 154 Å². The molecule has 0 radical (unpaired) electrons. The molecule has 1 aromatic carbocycles. The van der Waals surface area contributed by atoms with Gasteiger partial charge in [-0.25, -0.2) is 0 Å². The third kappa shape index (κ3) is 12.6. The van der Waals surface area contributed by atoms with Gasteiger partial charge in [0.1, 0.15) is 152 Å². The highest BCUT2D eigenvalue weighted by atomic mass is 16.8. The van der Waals surface area contributed by atoms with Crippen molar-refractivity contribution in [3.8, 4) is 5.75 Å². The Balaban J connectivity index is 0.946. The molecule has 0 bridgehead atoms. The van der Waals surface area contributed by atoms with Crippen molar-refractivity contribution in [3.05, 3.63) is 34.4 Å². The van der Waals surface area contributed by atoms with Crippen molar-refractivity contribution in [2.24, 2.45) is 0 Å². The van der Waals surface area contributed by atoms with Crippen molar-refractivity contribution in [2.75, 3.05) is 39.6 Å². The maximum absolute atomic E-state index is 11.3. The smallest absolute Gasteiger partial charge is 0.269 e. The van der Waals surface area contributed by atoms with Gasteiger partial charge in [0.05, 0.1) is 44.6 Å². The van der Waals surface area contributed by atoms with Crippen molar-refractivity contribution in [1.82, 2.24) is 0 Å². The largest absolute Gasteiger partial charge is 0.462 e. The van der Waals surface area contributed by atoms with E-state index in [1.807, 2.05) is 0 Å². The predicted octanol–water partition coefficient (Wildman–Crippen LogP) is -12.1. The molecule has 6 aliphatic heterocycles. The van der Waals surface area contributed by atoms with E-state index in [-0.39, 0.29) is 11.4 Å². The molecule has 30 atom stereocenters. The monoisotopic (exact) mass is 1110 g/mol. The molecule has 7 rings (SSSR count). The Morgan fingerprint density at radius 1 is 0.342 bits per heavy atom. The fraction of sp³-hybridized carbons (Fsp3) is 0.857. The van der Waals surface area contributed by atoms with Crippen LogP contribution >= 0.6 is 0 Å². The second-order valence-electron chi connectivity index (χ2n) is 18.6. The van der Waals surface area contributed by atoms with Gasteiger partial charge in [0.15, 0.2) is 31.5 Å². The molecule has 0 saturated carbocycles. The number of hydrogen-bond donors (Lipinski definition) is 19. The standard InChI is InChI=1S/C42H65NO33/c44-5-13-19(50)20(51)26(57)38(66-13)72-33-15(7-46)68-40(28(59)22(33)53)74-35-17(9-48)70-42(30(61)24(35)55)76-36-18(10-49)71-41(31(62)25(36)56)75-34-16(8-47)69-39(29(60)23(34)54)73-32-14(6-45)67-37(27(58)21(32)52)65-12-3-1-11(2-4-12)43(63)64/h1-4,13-42,44-62H,5-10H2/t13?,14?,15?,16?,17?,18?,19-,20+,21-,22-,23-,24-,25-,26?,27?,28?,29?,30?,31?,32-,33-,34-,35-,36-,37-,38+,39+,40+,41+,42+/m1/s1. The quantitative estimate of drug-likeness (QED) is 0.0452. The SMILES string of the molecule is O=[N+]([O-])c1ccc(O[C@@H]2OC(CO)[C@@H](O[C@@H]3OC(CO)[C@@H](O[C@@H]4OC(CO)[C@@H](O[C@@H]5OC(CO)[C@@H](O[C@@H]6OC(CO)[C@@H](O[C@@H]7OC(CO)[C@@H](O)[C@H](O)C7O)[C@H](O)C6O)[C@H](O)C5O)[C@H](O)C4O)[C@H](O)C3O)[C@H](O)C2O)cc1. The molecule has 34 nitrogen and oxygen atoms in total. The summed E-state index contributed by atoms with van der Waals surface area (Å²) >= 11 is 0. The number of non-ortho nitro benzene ring substituents is 1. The average molecular weight is 1110 g/mol. The van der Waals surface area contributed by atoms with E-state index in [4.69, 9.17) is 56.8 Å². The summed E-state index contributed by atoms with van der Waals surface area (Å²) in [7, 11) is 0. The summed E-state index contributed by atoms with van der Waals surface area (Å²) in [4.78, 5) is 10.3. The highest BCUT2D eigenvalue weighted by Crippen LogP contribution is 2.37. The number of nitro benzene ring substituents is 1. The Labute approximate surface area is 428 Å². The molecule has 6 aliphatic rings. The van der Waals surface area contributed by atoms with Crippen LogP contribution in [0.15, 0.2) is 24.3 Å². The van der Waals surface area contributed by atoms with E-state index in [1.54, 1.807) is 0 Å². The lowest BCUT2D eigenvalue weighted by Crippen LogP contribution is -2.68. The van der Waals surface area contributed by atoms with Crippen molar-refractivity contribution >= 4 is 5.69 Å². The number of ether oxygens (including phenoxy) is 12. The van der Waals surface area contributed by atoms with Crippen LogP contribution in [0.3, 0.4) is 0 Å². The number of aliphatic hydroxyl groups is 19. The van der Waals surface area contributed by atoms with Gasteiger partial charge in [-0.2, -0.15) is 0 Å². The van der Waals surface area contributed by atoms with Crippen LogP contribution in [0.2, 0.25) is 0 Å². The first-order chi connectivity index (χ1) is 36.1. The zero-order chi connectivity index (χ0) is 55.6. The summed E-state index contributed by atoms with van der Waals surface area (Å²) in [6, 6.07) is 4.55. The number of benzene rings is 1. The molecule has 34 heteroatoms. The van der Waals surface area contributed by atoms with Gasteiger partial charge in [0.25, 0.3) is 5.69 Å². The Morgan fingerprint density at radius 3 is 0.842 bits per heavy atom. The molecule has 0 spiro atoms. The van der Waals surface area contributed by atoms with Crippen molar-refractivity contribution < 1.29 is 159 Å². The fourth-order valence-corrected chi connectivity index (χ4v) is 9.39. The van der Waals surface area contributed by atoms with Gasteiger partial charge in [-0.15, -0.1) is 0 Å². The average Bonchev–Trinajstić information content (AvgIpc) is 3.43. The molecule has 1 aromatic rings. The lowest BCUT2D eigenvalue weighted by molar-refractivity contribution is -0.395. The minimum atomic E-state index is -2.20. The summed E-state index contributed by atoms with van der Waals surface area (Å²) in [5, 5.41) is 214. The first kappa shape index (κ1) is 60.9. The van der Waals surface area contributed by atoms with E-state index in [0.29, 0.717) is 0 Å². The normalized spacial score (nSPS) is 48.3. The second-order valence-corrected chi connectivity index (χ2v) is 18.6. The van der Waals surface area contributed by atoms with E-state index >= 15 is 0 Å². The Hall–Kier alpha value is -2.78.